The van der Waals surface area contributed by atoms with E-state index in [0.29, 0.717) is 11.5 Å². The molecule has 0 aliphatic carbocycles. The molecule has 0 radical (unpaired) electrons. The van der Waals surface area contributed by atoms with Crippen molar-refractivity contribution in [2.24, 2.45) is 7.05 Å². The zero-order valence-corrected chi connectivity index (χ0v) is 15.0. The molecule has 24 heavy (non-hydrogen) atoms. The molecule has 1 amide bonds. The van der Waals surface area contributed by atoms with Crippen LogP contribution in [0.25, 0.3) is 5.82 Å². The molecule has 3 aromatic rings. The van der Waals surface area contributed by atoms with Gasteiger partial charge in [0.25, 0.3) is 5.91 Å². The molecule has 0 aliphatic heterocycles. The van der Waals surface area contributed by atoms with Crippen molar-refractivity contribution in [3.8, 4) is 5.82 Å². The first-order valence-corrected chi connectivity index (χ1v) is 8.77. The van der Waals surface area contributed by atoms with Crippen LogP contribution in [0.4, 0.5) is 0 Å². The van der Waals surface area contributed by atoms with Crippen LogP contribution < -0.4 is 5.32 Å². The van der Waals surface area contributed by atoms with Gasteiger partial charge in [0.1, 0.15) is 11.4 Å². The lowest BCUT2D eigenvalue weighted by atomic mass is 10.2. The Morgan fingerprint density at radius 3 is 2.58 bits per heavy atom. The monoisotopic (exact) mass is 343 g/mol. The first-order valence-electron chi connectivity index (χ1n) is 7.89. The number of carbonyl (C=O) groups excluding carboxylic acids is 1. The van der Waals surface area contributed by atoms with Crippen molar-refractivity contribution in [3.63, 3.8) is 0 Å². The van der Waals surface area contributed by atoms with Crippen molar-refractivity contribution in [1.82, 2.24) is 24.6 Å². The summed E-state index contributed by atoms with van der Waals surface area (Å²) in [5.41, 5.74) is 1.43. The summed E-state index contributed by atoms with van der Waals surface area (Å²) in [7, 11) is 1.82. The van der Waals surface area contributed by atoms with Gasteiger partial charge in [0.2, 0.25) is 0 Å². The van der Waals surface area contributed by atoms with Gasteiger partial charge in [0.15, 0.2) is 0 Å². The second-order valence-corrected chi connectivity index (χ2v) is 6.95. The highest BCUT2D eigenvalue weighted by Crippen LogP contribution is 2.23. The third-order valence-electron chi connectivity index (χ3n) is 3.83. The fraction of sp³-hybridized carbons (Fsp3) is 0.353. The first-order chi connectivity index (χ1) is 11.5. The minimum absolute atomic E-state index is 0.154. The number of carbonyl (C=O) groups is 1. The van der Waals surface area contributed by atoms with E-state index in [0.717, 1.165) is 16.5 Å². The van der Waals surface area contributed by atoms with E-state index in [2.05, 4.69) is 29.2 Å². The van der Waals surface area contributed by atoms with Gasteiger partial charge in [-0.05, 0) is 19.1 Å². The third kappa shape index (κ3) is 3.12. The molecule has 6 nitrogen and oxygen atoms in total. The standard InChI is InChI=1S/C17H21N5OS/c1-11(2)16-20-14(10-24-16)12(3)19-15(23)13-9-18-21(4)17(13)22-7-5-6-8-22/h5-12H,1-4H3,(H,19,23)/t12-/m1/s1. The van der Waals surface area contributed by atoms with E-state index in [1.165, 1.54) is 0 Å². The maximum absolute atomic E-state index is 12.7. The number of aromatic nitrogens is 4. The molecule has 7 heteroatoms. The SMILES string of the molecule is CC(C)c1nc([C@@H](C)NC(=O)c2cnn(C)c2-n2cccc2)cs1. The summed E-state index contributed by atoms with van der Waals surface area (Å²) < 4.78 is 3.57. The van der Waals surface area contributed by atoms with Crippen LogP contribution in [0.15, 0.2) is 36.1 Å². The molecule has 0 fully saturated rings. The average molecular weight is 343 g/mol. The van der Waals surface area contributed by atoms with E-state index < -0.39 is 0 Å². The zero-order valence-electron chi connectivity index (χ0n) is 14.2. The van der Waals surface area contributed by atoms with Crippen LogP contribution in [0, 0.1) is 0 Å². The smallest absolute Gasteiger partial charge is 0.257 e. The minimum atomic E-state index is -0.154. The van der Waals surface area contributed by atoms with Crippen LogP contribution in [0.5, 0.6) is 0 Å². The summed E-state index contributed by atoms with van der Waals surface area (Å²) >= 11 is 1.63. The quantitative estimate of drug-likeness (QED) is 0.773. The van der Waals surface area contributed by atoms with Crippen LogP contribution >= 0.6 is 11.3 Å². The molecule has 1 atom stereocenters. The number of nitrogens with one attached hydrogen (secondary N) is 1. The van der Waals surface area contributed by atoms with Crippen molar-refractivity contribution in [1.29, 1.82) is 0 Å². The van der Waals surface area contributed by atoms with E-state index in [1.54, 1.807) is 22.2 Å². The molecule has 3 rings (SSSR count). The number of nitrogens with zero attached hydrogens (tertiary/aromatic N) is 4. The molecule has 0 unspecified atom stereocenters. The minimum Gasteiger partial charge on any atom is -0.344 e. The van der Waals surface area contributed by atoms with Gasteiger partial charge in [-0.15, -0.1) is 11.3 Å². The van der Waals surface area contributed by atoms with Gasteiger partial charge in [-0.1, -0.05) is 13.8 Å². The summed E-state index contributed by atoms with van der Waals surface area (Å²) in [6, 6.07) is 3.68. The molecule has 0 saturated carbocycles. The van der Waals surface area contributed by atoms with Gasteiger partial charge in [0, 0.05) is 30.7 Å². The third-order valence-corrected chi connectivity index (χ3v) is 4.99. The fourth-order valence-corrected chi connectivity index (χ4v) is 3.41. The summed E-state index contributed by atoms with van der Waals surface area (Å²) in [5, 5.41) is 10.3. The van der Waals surface area contributed by atoms with Crippen LogP contribution in [0.2, 0.25) is 0 Å². The number of amides is 1. The maximum atomic E-state index is 12.7. The summed E-state index contributed by atoms with van der Waals surface area (Å²) in [4.78, 5) is 17.3. The number of thiazole rings is 1. The number of rotatable bonds is 5. The van der Waals surface area contributed by atoms with E-state index in [1.807, 2.05) is 48.4 Å². The van der Waals surface area contributed by atoms with Crippen molar-refractivity contribution in [2.75, 3.05) is 0 Å². The van der Waals surface area contributed by atoms with E-state index in [-0.39, 0.29) is 11.9 Å². The highest BCUT2D eigenvalue weighted by molar-refractivity contribution is 7.09. The lowest BCUT2D eigenvalue weighted by Gasteiger charge is -2.13. The normalized spacial score (nSPS) is 12.5. The summed E-state index contributed by atoms with van der Waals surface area (Å²) in [6.45, 7) is 6.18. The van der Waals surface area contributed by atoms with Crippen LogP contribution in [0.3, 0.4) is 0 Å². The van der Waals surface area contributed by atoms with E-state index in [9.17, 15) is 4.79 Å². The number of hydrogen-bond acceptors (Lipinski definition) is 4. The van der Waals surface area contributed by atoms with Gasteiger partial charge < -0.3 is 9.88 Å². The molecule has 126 valence electrons. The molecule has 3 aromatic heterocycles. The molecular formula is C17H21N5OS. The molecule has 3 heterocycles. The predicted octanol–water partition coefficient (Wildman–Crippen LogP) is 3.28. The molecule has 0 saturated heterocycles. The van der Waals surface area contributed by atoms with Gasteiger partial charge in [-0.3, -0.25) is 9.48 Å². The molecular weight excluding hydrogens is 322 g/mol. The van der Waals surface area contributed by atoms with Crippen LogP contribution in [-0.2, 0) is 7.05 Å². The number of aryl methyl sites for hydroxylation is 1. The summed E-state index contributed by atoms with van der Waals surface area (Å²) in [5.74, 6) is 0.981. The Bertz CT molecular complexity index is 831. The van der Waals surface area contributed by atoms with Crippen molar-refractivity contribution in [3.05, 3.63) is 52.4 Å². The highest BCUT2D eigenvalue weighted by atomic mass is 32.1. The molecule has 0 aromatic carbocycles. The van der Waals surface area contributed by atoms with Crippen molar-refractivity contribution >= 4 is 17.2 Å². The second-order valence-electron chi connectivity index (χ2n) is 6.06. The van der Waals surface area contributed by atoms with Crippen LogP contribution in [-0.4, -0.2) is 25.2 Å². The Morgan fingerprint density at radius 1 is 1.25 bits per heavy atom. The Labute approximate surface area is 145 Å². The van der Waals surface area contributed by atoms with Gasteiger partial charge in [-0.25, -0.2) is 4.98 Å². The summed E-state index contributed by atoms with van der Waals surface area (Å²) in [6.07, 6.45) is 5.39. The Kier molecular flexibility index (Phi) is 4.53. The van der Waals surface area contributed by atoms with Gasteiger partial charge >= 0.3 is 0 Å². The van der Waals surface area contributed by atoms with Gasteiger partial charge in [-0.2, -0.15) is 5.10 Å². The molecule has 0 bridgehead atoms. The lowest BCUT2D eigenvalue weighted by molar-refractivity contribution is 0.0939. The molecule has 1 N–H and O–H groups in total. The second kappa shape index (κ2) is 6.60. The van der Waals surface area contributed by atoms with Crippen LogP contribution in [0.1, 0.15) is 53.8 Å². The largest absolute Gasteiger partial charge is 0.344 e. The number of hydrogen-bond donors (Lipinski definition) is 1. The van der Waals surface area contributed by atoms with Crippen molar-refractivity contribution < 1.29 is 4.79 Å². The molecule has 0 spiro atoms. The first kappa shape index (κ1) is 16.4. The topological polar surface area (TPSA) is 64.7 Å². The highest BCUT2D eigenvalue weighted by Gasteiger charge is 2.20. The fourth-order valence-electron chi connectivity index (χ4n) is 2.49. The van der Waals surface area contributed by atoms with E-state index in [4.69, 9.17) is 0 Å². The van der Waals surface area contributed by atoms with Gasteiger partial charge in [0.05, 0.1) is 22.9 Å². The molecule has 0 aliphatic rings. The van der Waals surface area contributed by atoms with E-state index >= 15 is 0 Å². The Balaban J connectivity index is 1.80. The average Bonchev–Trinajstić information content (AvgIpc) is 3.27. The van der Waals surface area contributed by atoms with Crippen molar-refractivity contribution in [2.45, 2.75) is 32.7 Å². The zero-order chi connectivity index (χ0) is 17.3. The Morgan fingerprint density at radius 2 is 1.96 bits per heavy atom. The lowest BCUT2D eigenvalue weighted by Crippen LogP contribution is -2.27. The maximum Gasteiger partial charge on any atom is 0.257 e. The Hall–Kier alpha value is -2.41. The predicted molar refractivity (Wildman–Crippen MR) is 94.6 cm³/mol.